The van der Waals surface area contributed by atoms with Gasteiger partial charge < -0.3 is 10.4 Å². The number of nitrogens with one attached hydrogen (secondary N) is 1. The molecule has 0 aliphatic heterocycles. The number of aryl methyl sites for hydroxylation is 1. The first-order valence-corrected chi connectivity index (χ1v) is 5.61. The van der Waals surface area contributed by atoms with Crippen LogP contribution >= 0.6 is 0 Å². The maximum Gasteiger partial charge on any atom is 0.244 e. The van der Waals surface area contributed by atoms with Gasteiger partial charge in [-0.05, 0) is 38.0 Å². The monoisotopic (exact) mass is 233 g/mol. The maximum absolute atomic E-state index is 11.6. The van der Waals surface area contributed by atoms with Crippen molar-refractivity contribution in [3.8, 4) is 0 Å². The molecule has 17 heavy (non-hydrogen) atoms. The highest BCUT2D eigenvalue weighted by molar-refractivity contribution is 5.92. The second kappa shape index (κ2) is 5.64. The molecule has 0 spiro atoms. The van der Waals surface area contributed by atoms with Gasteiger partial charge >= 0.3 is 0 Å². The van der Waals surface area contributed by atoms with Crippen LogP contribution in [-0.4, -0.2) is 23.2 Å². The zero-order chi connectivity index (χ0) is 12.9. The van der Waals surface area contributed by atoms with Crippen LogP contribution in [-0.2, 0) is 4.79 Å². The highest BCUT2D eigenvalue weighted by Crippen LogP contribution is 2.08. The third-order valence-electron chi connectivity index (χ3n) is 2.46. The van der Waals surface area contributed by atoms with Crippen molar-refractivity contribution >= 4 is 12.0 Å². The highest BCUT2D eigenvalue weighted by Gasteiger charge is 2.17. The summed E-state index contributed by atoms with van der Waals surface area (Å²) in [5.41, 5.74) is 1.55. The standard InChI is InChI=1S/C14H19NO2/c1-11-6-4-5-7-12(11)8-9-13(17)15-14(2,3)10-16/h4-9,16H,10H2,1-3H3,(H,15,17)/b9-8+. The van der Waals surface area contributed by atoms with Crippen molar-refractivity contribution in [1.82, 2.24) is 5.32 Å². The Morgan fingerprint density at radius 1 is 1.41 bits per heavy atom. The van der Waals surface area contributed by atoms with Crippen molar-refractivity contribution in [2.75, 3.05) is 6.61 Å². The largest absolute Gasteiger partial charge is 0.394 e. The topological polar surface area (TPSA) is 49.3 Å². The van der Waals surface area contributed by atoms with Crippen LogP contribution in [0.15, 0.2) is 30.3 Å². The quantitative estimate of drug-likeness (QED) is 0.780. The van der Waals surface area contributed by atoms with Gasteiger partial charge in [0.15, 0.2) is 0 Å². The predicted molar refractivity (Wildman–Crippen MR) is 69.5 cm³/mol. The molecule has 1 aromatic carbocycles. The molecule has 0 atom stereocenters. The molecule has 1 aromatic rings. The molecule has 3 nitrogen and oxygen atoms in total. The number of carbonyl (C=O) groups is 1. The Hall–Kier alpha value is -1.61. The van der Waals surface area contributed by atoms with Crippen molar-refractivity contribution in [2.45, 2.75) is 26.3 Å². The summed E-state index contributed by atoms with van der Waals surface area (Å²) < 4.78 is 0. The second-order valence-electron chi connectivity index (χ2n) is 4.72. The smallest absolute Gasteiger partial charge is 0.244 e. The summed E-state index contributed by atoms with van der Waals surface area (Å²) in [6.07, 6.45) is 3.26. The molecule has 0 aliphatic carbocycles. The molecular weight excluding hydrogens is 214 g/mol. The Balaban J connectivity index is 2.67. The Labute approximate surface area is 102 Å². The lowest BCUT2D eigenvalue weighted by Crippen LogP contribution is -2.45. The minimum Gasteiger partial charge on any atom is -0.394 e. The van der Waals surface area contributed by atoms with Crippen LogP contribution in [0, 0.1) is 6.92 Å². The minimum absolute atomic E-state index is 0.0864. The molecule has 92 valence electrons. The van der Waals surface area contributed by atoms with E-state index in [0.717, 1.165) is 11.1 Å². The lowest BCUT2D eigenvalue weighted by Gasteiger charge is -2.22. The highest BCUT2D eigenvalue weighted by atomic mass is 16.3. The van der Waals surface area contributed by atoms with Crippen LogP contribution < -0.4 is 5.32 Å². The number of benzene rings is 1. The molecule has 0 heterocycles. The van der Waals surface area contributed by atoms with E-state index in [2.05, 4.69) is 5.32 Å². The van der Waals surface area contributed by atoms with Gasteiger partial charge in [-0.25, -0.2) is 0 Å². The third kappa shape index (κ3) is 4.41. The molecule has 3 heteroatoms. The van der Waals surface area contributed by atoms with Gasteiger partial charge in [0.25, 0.3) is 0 Å². The predicted octanol–water partition coefficient (Wildman–Crippen LogP) is 1.90. The number of hydrogen-bond acceptors (Lipinski definition) is 2. The third-order valence-corrected chi connectivity index (χ3v) is 2.46. The molecule has 0 fully saturated rings. The molecule has 1 amide bonds. The first-order valence-electron chi connectivity index (χ1n) is 5.61. The lowest BCUT2D eigenvalue weighted by molar-refractivity contribution is -0.118. The molecule has 0 saturated heterocycles. The molecule has 2 N–H and O–H groups in total. The Kier molecular flexibility index (Phi) is 4.46. The zero-order valence-corrected chi connectivity index (χ0v) is 10.5. The molecule has 1 rings (SSSR count). The van der Waals surface area contributed by atoms with E-state index in [4.69, 9.17) is 5.11 Å². The van der Waals surface area contributed by atoms with Crippen LogP contribution in [0.1, 0.15) is 25.0 Å². The van der Waals surface area contributed by atoms with Crippen molar-refractivity contribution in [3.63, 3.8) is 0 Å². The van der Waals surface area contributed by atoms with Crippen molar-refractivity contribution in [3.05, 3.63) is 41.5 Å². The van der Waals surface area contributed by atoms with Crippen molar-refractivity contribution in [1.29, 1.82) is 0 Å². The summed E-state index contributed by atoms with van der Waals surface area (Å²) in [5, 5.41) is 11.8. The van der Waals surface area contributed by atoms with E-state index in [1.165, 1.54) is 6.08 Å². The number of amides is 1. The molecule has 0 bridgehead atoms. The van der Waals surface area contributed by atoms with E-state index >= 15 is 0 Å². The molecule has 0 unspecified atom stereocenters. The number of rotatable bonds is 4. The van der Waals surface area contributed by atoms with Gasteiger partial charge in [-0.1, -0.05) is 24.3 Å². The first-order chi connectivity index (χ1) is 7.94. The minimum atomic E-state index is -0.590. The summed E-state index contributed by atoms with van der Waals surface area (Å²) in [6, 6.07) is 7.84. The maximum atomic E-state index is 11.6. The van der Waals surface area contributed by atoms with Crippen LogP contribution in [0.25, 0.3) is 6.08 Å². The van der Waals surface area contributed by atoms with Gasteiger partial charge in [0, 0.05) is 6.08 Å². The summed E-state index contributed by atoms with van der Waals surface area (Å²) in [6.45, 7) is 5.45. The van der Waals surface area contributed by atoms with Gasteiger partial charge in [-0.3, -0.25) is 4.79 Å². The van der Waals surface area contributed by atoms with E-state index in [9.17, 15) is 4.79 Å². The van der Waals surface area contributed by atoms with Crippen LogP contribution in [0.4, 0.5) is 0 Å². The number of hydrogen-bond donors (Lipinski definition) is 2. The second-order valence-corrected chi connectivity index (χ2v) is 4.72. The summed E-state index contributed by atoms with van der Waals surface area (Å²) in [7, 11) is 0. The average Bonchev–Trinajstić information content (AvgIpc) is 2.27. The van der Waals surface area contributed by atoms with Crippen molar-refractivity contribution in [2.24, 2.45) is 0 Å². The van der Waals surface area contributed by atoms with E-state index in [1.54, 1.807) is 19.9 Å². The van der Waals surface area contributed by atoms with Gasteiger partial charge in [0.2, 0.25) is 5.91 Å². The fourth-order valence-corrected chi connectivity index (χ4v) is 1.35. The Morgan fingerprint density at radius 3 is 2.65 bits per heavy atom. The van der Waals surface area contributed by atoms with Gasteiger partial charge in [0.05, 0.1) is 12.1 Å². The number of aliphatic hydroxyl groups is 1. The van der Waals surface area contributed by atoms with Crippen LogP contribution in [0.5, 0.6) is 0 Å². The first kappa shape index (κ1) is 13.5. The van der Waals surface area contributed by atoms with E-state index < -0.39 is 5.54 Å². The van der Waals surface area contributed by atoms with Gasteiger partial charge in [-0.15, -0.1) is 0 Å². The fraction of sp³-hybridized carbons (Fsp3) is 0.357. The molecule has 0 saturated carbocycles. The fourth-order valence-electron chi connectivity index (χ4n) is 1.35. The normalized spacial score (nSPS) is 11.8. The zero-order valence-electron chi connectivity index (χ0n) is 10.5. The van der Waals surface area contributed by atoms with E-state index in [1.807, 2.05) is 31.2 Å². The van der Waals surface area contributed by atoms with E-state index in [-0.39, 0.29) is 12.5 Å². The van der Waals surface area contributed by atoms with E-state index in [0.29, 0.717) is 0 Å². The molecule has 0 aliphatic rings. The molecule has 0 radical (unpaired) electrons. The average molecular weight is 233 g/mol. The van der Waals surface area contributed by atoms with Gasteiger partial charge in [0.1, 0.15) is 0 Å². The van der Waals surface area contributed by atoms with Crippen LogP contribution in [0.3, 0.4) is 0 Å². The molecule has 0 aromatic heterocycles. The Bertz CT molecular complexity index is 422. The summed E-state index contributed by atoms with van der Waals surface area (Å²) >= 11 is 0. The summed E-state index contributed by atoms with van der Waals surface area (Å²) in [5.74, 6) is -0.202. The summed E-state index contributed by atoms with van der Waals surface area (Å²) in [4.78, 5) is 11.6. The lowest BCUT2D eigenvalue weighted by atomic mass is 10.1. The Morgan fingerprint density at radius 2 is 2.06 bits per heavy atom. The van der Waals surface area contributed by atoms with Gasteiger partial charge in [-0.2, -0.15) is 0 Å². The van der Waals surface area contributed by atoms with Crippen LogP contribution in [0.2, 0.25) is 0 Å². The van der Waals surface area contributed by atoms with Crippen molar-refractivity contribution < 1.29 is 9.90 Å². The number of carbonyl (C=O) groups excluding carboxylic acids is 1. The molecular formula is C14H19NO2. The SMILES string of the molecule is Cc1ccccc1/C=C/C(=O)NC(C)(C)CO. The number of aliphatic hydroxyl groups excluding tert-OH is 1.